The van der Waals surface area contributed by atoms with Crippen LogP contribution >= 0.6 is 11.6 Å². The van der Waals surface area contributed by atoms with Crippen molar-refractivity contribution in [1.82, 2.24) is 15.0 Å². The zero-order chi connectivity index (χ0) is 14.1. The van der Waals surface area contributed by atoms with Gasteiger partial charge in [-0.3, -0.25) is 4.79 Å². The summed E-state index contributed by atoms with van der Waals surface area (Å²) in [6, 6.07) is 10.4. The molecule has 2 heterocycles. The van der Waals surface area contributed by atoms with E-state index in [1.54, 1.807) is 24.3 Å². The van der Waals surface area contributed by atoms with Crippen LogP contribution in [0.2, 0.25) is 5.15 Å². The number of aryl methyl sites for hydroxylation is 1. The maximum Gasteiger partial charge on any atom is 0.274 e. The van der Waals surface area contributed by atoms with Crippen molar-refractivity contribution in [3.63, 3.8) is 0 Å². The molecular formula is C14H11ClN4O. The first-order valence-electron chi connectivity index (χ1n) is 6.02. The number of nitrogens with one attached hydrogen (secondary N) is 2. The molecule has 0 spiro atoms. The molecule has 3 aromatic rings. The van der Waals surface area contributed by atoms with Crippen molar-refractivity contribution in [2.45, 2.75) is 6.92 Å². The van der Waals surface area contributed by atoms with Crippen molar-refractivity contribution in [3.8, 4) is 0 Å². The van der Waals surface area contributed by atoms with Gasteiger partial charge in [-0.15, -0.1) is 0 Å². The number of carbonyl (C=O) groups is 1. The summed E-state index contributed by atoms with van der Waals surface area (Å²) in [4.78, 5) is 23.4. The largest absolute Gasteiger partial charge is 0.342 e. The number of benzene rings is 1. The maximum atomic E-state index is 12.0. The molecule has 0 aliphatic carbocycles. The fraction of sp³-hybridized carbons (Fsp3) is 0.0714. The lowest BCUT2D eigenvalue weighted by molar-refractivity contribution is 0.102. The number of aromatic nitrogens is 3. The highest BCUT2D eigenvalue weighted by molar-refractivity contribution is 6.29. The molecule has 0 bridgehead atoms. The second-order valence-corrected chi connectivity index (χ2v) is 4.74. The molecule has 3 rings (SSSR count). The van der Waals surface area contributed by atoms with Crippen LogP contribution in [0, 0.1) is 6.92 Å². The number of rotatable bonds is 2. The van der Waals surface area contributed by atoms with Gasteiger partial charge in [0.15, 0.2) is 0 Å². The Hall–Kier alpha value is -2.40. The summed E-state index contributed by atoms with van der Waals surface area (Å²) >= 11 is 5.77. The number of hydrogen-bond acceptors (Lipinski definition) is 3. The Kier molecular flexibility index (Phi) is 3.12. The first-order chi connectivity index (χ1) is 9.61. The van der Waals surface area contributed by atoms with E-state index < -0.39 is 0 Å². The van der Waals surface area contributed by atoms with Crippen LogP contribution in [0.25, 0.3) is 11.0 Å². The molecule has 1 aromatic carbocycles. The number of halogens is 1. The van der Waals surface area contributed by atoms with Gasteiger partial charge in [-0.05, 0) is 37.3 Å². The Balaban J connectivity index is 1.87. The Morgan fingerprint density at radius 2 is 2.10 bits per heavy atom. The Labute approximate surface area is 120 Å². The number of H-pyrrole nitrogens is 1. The minimum atomic E-state index is -0.303. The van der Waals surface area contributed by atoms with Gasteiger partial charge in [0.25, 0.3) is 5.91 Å². The lowest BCUT2D eigenvalue weighted by Gasteiger charge is -2.04. The van der Waals surface area contributed by atoms with Crippen LogP contribution in [0.3, 0.4) is 0 Å². The molecule has 0 aliphatic heterocycles. The highest BCUT2D eigenvalue weighted by Gasteiger charge is 2.09. The molecule has 100 valence electrons. The van der Waals surface area contributed by atoms with E-state index in [2.05, 4.69) is 20.3 Å². The number of amides is 1. The number of pyridine rings is 1. The highest BCUT2D eigenvalue weighted by Crippen LogP contribution is 2.17. The van der Waals surface area contributed by atoms with Crippen molar-refractivity contribution < 1.29 is 4.79 Å². The molecule has 0 unspecified atom stereocenters. The minimum absolute atomic E-state index is 0.276. The van der Waals surface area contributed by atoms with Gasteiger partial charge in [0.1, 0.15) is 16.7 Å². The van der Waals surface area contributed by atoms with Crippen molar-refractivity contribution in [1.29, 1.82) is 0 Å². The summed E-state index contributed by atoms with van der Waals surface area (Å²) in [7, 11) is 0. The number of fused-ring (bicyclic) bond motifs is 1. The summed E-state index contributed by atoms with van der Waals surface area (Å²) < 4.78 is 0. The van der Waals surface area contributed by atoms with E-state index in [-0.39, 0.29) is 16.8 Å². The first kappa shape index (κ1) is 12.6. The fourth-order valence-corrected chi connectivity index (χ4v) is 2.11. The molecule has 1 amide bonds. The molecular weight excluding hydrogens is 276 g/mol. The van der Waals surface area contributed by atoms with Crippen molar-refractivity contribution in [2.24, 2.45) is 0 Å². The quantitative estimate of drug-likeness (QED) is 0.711. The van der Waals surface area contributed by atoms with Gasteiger partial charge in [-0.2, -0.15) is 0 Å². The van der Waals surface area contributed by atoms with Crippen LogP contribution in [0.15, 0.2) is 36.4 Å². The third kappa shape index (κ3) is 2.48. The fourth-order valence-electron chi connectivity index (χ4n) is 1.94. The predicted molar refractivity (Wildman–Crippen MR) is 78.0 cm³/mol. The lowest BCUT2D eigenvalue weighted by Crippen LogP contribution is -2.13. The second kappa shape index (κ2) is 4.94. The van der Waals surface area contributed by atoms with Gasteiger partial charge in [-0.1, -0.05) is 17.7 Å². The molecule has 2 aromatic heterocycles. The number of carbonyl (C=O) groups excluding carboxylic acids is 1. The van der Waals surface area contributed by atoms with Crippen LogP contribution in [-0.2, 0) is 0 Å². The molecule has 0 saturated heterocycles. The Morgan fingerprint density at radius 1 is 1.25 bits per heavy atom. The maximum absolute atomic E-state index is 12.0. The molecule has 2 N–H and O–H groups in total. The van der Waals surface area contributed by atoms with Gasteiger partial charge in [0.2, 0.25) is 0 Å². The molecule has 5 nitrogen and oxygen atoms in total. The van der Waals surface area contributed by atoms with Crippen LogP contribution < -0.4 is 5.32 Å². The zero-order valence-corrected chi connectivity index (χ0v) is 11.4. The third-order valence-corrected chi connectivity index (χ3v) is 3.02. The average molecular weight is 287 g/mol. The van der Waals surface area contributed by atoms with Crippen LogP contribution in [0.4, 0.5) is 5.69 Å². The monoisotopic (exact) mass is 286 g/mol. The molecule has 0 fully saturated rings. The van der Waals surface area contributed by atoms with Crippen LogP contribution in [0.1, 0.15) is 16.3 Å². The SMILES string of the molecule is Cc1nc2ccc(NC(=O)c3cccc(Cl)n3)cc2[nH]1. The molecule has 20 heavy (non-hydrogen) atoms. The van der Waals surface area contributed by atoms with Gasteiger partial charge < -0.3 is 10.3 Å². The molecule has 0 aliphatic rings. The number of hydrogen-bond donors (Lipinski definition) is 2. The van der Waals surface area contributed by atoms with E-state index in [9.17, 15) is 4.79 Å². The summed E-state index contributed by atoms with van der Waals surface area (Å²) in [5, 5.41) is 3.07. The normalized spacial score (nSPS) is 10.7. The molecule has 0 saturated carbocycles. The topological polar surface area (TPSA) is 70.7 Å². The smallest absolute Gasteiger partial charge is 0.274 e. The van der Waals surface area contributed by atoms with E-state index in [0.29, 0.717) is 5.69 Å². The number of imidazole rings is 1. The van der Waals surface area contributed by atoms with E-state index >= 15 is 0 Å². The van der Waals surface area contributed by atoms with Crippen LogP contribution in [-0.4, -0.2) is 20.9 Å². The molecule has 6 heteroatoms. The second-order valence-electron chi connectivity index (χ2n) is 4.35. The van der Waals surface area contributed by atoms with E-state index in [1.807, 2.05) is 19.1 Å². The van der Waals surface area contributed by atoms with Gasteiger partial charge in [0.05, 0.1) is 11.0 Å². The van der Waals surface area contributed by atoms with Crippen molar-refractivity contribution in [2.75, 3.05) is 5.32 Å². The van der Waals surface area contributed by atoms with Gasteiger partial charge in [0, 0.05) is 5.69 Å². The number of anilines is 1. The first-order valence-corrected chi connectivity index (χ1v) is 6.40. The van der Waals surface area contributed by atoms with Gasteiger partial charge in [-0.25, -0.2) is 9.97 Å². The van der Waals surface area contributed by atoms with Crippen molar-refractivity contribution >= 4 is 34.2 Å². The number of aromatic amines is 1. The average Bonchev–Trinajstić information content (AvgIpc) is 2.78. The molecule has 0 radical (unpaired) electrons. The van der Waals surface area contributed by atoms with Crippen LogP contribution in [0.5, 0.6) is 0 Å². The summed E-state index contributed by atoms with van der Waals surface area (Å²) in [5.41, 5.74) is 2.69. The Morgan fingerprint density at radius 3 is 2.90 bits per heavy atom. The van der Waals surface area contributed by atoms with E-state index in [0.717, 1.165) is 16.9 Å². The van der Waals surface area contributed by atoms with Crippen molar-refractivity contribution in [3.05, 3.63) is 53.1 Å². The third-order valence-electron chi connectivity index (χ3n) is 2.81. The summed E-state index contributed by atoms with van der Waals surface area (Å²) in [5.74, 6) is 0.531. The summed E-state index contributed by atoms with van der Waals surface area (Å²) in [6.07, 6.45) is 0. The minimum Gasteiger partial charge on any atom is -0.342 e. The zero-order valence-electron chi connectivity index (χ0n) is 10.6. The Bertz CT molecular complexity index is 797. The predicted octanol–water partition coefficient (Wildman–Crippen LogP) is 3.17. The highest BCUT2D eigenvalue weighted by atomic mass is 35.5. The standard InChI is InChI=1S/C14H11ClN4O/c1-8-16-10-6-5-9(7-12(10)17-8)18-14(20)11-3-2-4-13(15)19-11/h2-7H,1H3,(H,16,17)(H,18,20). The van der Waals surface area contributed by atoms with E-state index in [4.69, 9.17) is 11.6 Å². The summed E-state index contributed by atoms with van der Waals surface area (Å²) in [6.45, 7) is 1.88. The van der Waals surface area contributed by atoms with E-state index in [1.165, 1.54) is 0 Å². The van der Waals surface area contributed by atoms with Gasteiger partial charge >= 0.3 is 0 Å². The molecule has 0 atom stereocenters. The lowest BCUT2D eigenvalue weighted by atomic mass is 10.2. The number of nitrogens with zero attached hydrogens (tertiary/aromatic N) is 2.